The maximum absolute atomic E-state index is 13.0. The topological polar surface area (TPSA) is 91.3 Å². The summed E-state index contributed by atoms with van der Waals surface area (Å²) in [7, 11) is 0. The lowest BCUT2D eigenvalue weighted by molar-refractivity contribution is 0.131. The zero-order valence-electron chi connectivity index (χ0n) is 25.3. The molecule has 2 aromatic heterocycles. The number of rotatable bonds is 6. The quantitative estimate of drug-likeness (QED) is 0.210. The molecular weight excluding hydrogens is 556 g/mol. The van der Waals surface area contributed by atoms with Crippen LogP contribution in [-0.4, -0.2) is 38.8 Å². The molecule has 224 valence electrons. The summed E-state index contributed by atoms with van der Waals surface area (Å²) < 4.78 is 1.78. The van der Waals surface area contributed by atoms with Crippen molar-refractivity contribution in [2.75, 3.05) is 16.0 Å². The number of fused-ring (bicyclic) bond motifs is 2. The summed E-state index contributed by atoms with van der Waals surface area (Å²) in [6, 6.07) is 20.4. The number of hydrogen-bond acceptors (Lipinski definition) is 4. The number of aryl methyl sites for hydroxylation is 1. The number of urea groups is 2. The van der Waals surface area contributed by atoms with Crippen molar-refractivity contribution in [1.82, 2.24) is 14.7 Å². The molecule has 9 heteroatoms. The Kier molecular flexibility index (Phi) is 8.01. The number of piperidine rings is 1. The molecule has 4 heterocycles. The zero-order valence-corrected chi connectivity index (χ0v) is 26.1. The second-order valence-electron chi connectivity index (χ2n) is 13.0. The molecule has 0 aliphatic carbocycles. The van der Waals surface area contributed by atoms with Crippen molar-refractivity contribution in [3.05, 3.63) is 88.2 Å². The van der Waals surface area contributed by atoms with Gasteiger partial charge in [0.25, 0.3) is 0 Å². The van der Waals surface area contributed by atoms with Gasteiger partial charge in [0.1, 0.15) is 5.82 Å². The molecule has 2 saturated heterocycles. The molecule has 0 radical (unpaired) electrons. The molecule has 2 unspecified atom stereocenters. The lowest BCUT2D eigenvalue weighted by Gasteiger charge is -2.39. The SMILES string of the molecule is Cc1ccc(-n2nc(C(C)(C)C)cc2NC(=O)Nc2ccc(CC3CC4CCC(C3)N4C(=O)Nc3ccsc3)cc2)cc1. The third-order valence-corrected chi connectivity index (χ3v) is 9.26. The van der Waals surface area contributed by atoms with E-state index in [2.05, 4.69) is 53.8 Å². The minimum atomic E-state index is -0.314. The van der Waals surface area contributed by atoms with Crippen LogP contribution in [0.15, 0.2) is 71.4 Å². The van der Waals surface area contributed by atoms with Gasteiger partial charge in [-0.05, 0) is 86.2 Å². The second-order valence-corrected chi connectivity index (χ2v) is 13.7. The Balaban J connectivity index is 1.06. The molecule has 0 spiro atoms. The van der Waals surface area contributed by atoms with Crippen LogP contribution in [0.5, 0.6) is 0 Å². The molecule has 6 rings (SSSR count). The lowest BCUT2D eigenvalue weighted by atomic mass is 9.86. The largest absolute Gasteiger partial charge is 0.324 e. The monoisotopic (exact) mass is 596 g/mol. The number of amides is 4. The van der Waals surface area contributed by atoms with Crippen molar-refractivity contribution in [3.8, 4) is 5.69 Å². The van der Waals surface area contributed by atoms with E-state index in [4.69, 9.17) is 5.10 Å². The lowest BCUT2D eigenvalue weighted by Crippen LogP contribution is -2.48. The number of carbonyl (C=O) groups excluding carboxylic acids is 2. The maximum atomic E-state index is 13.0. The van der Waals surface area contributed by atoms with Gasteiger partial charge in [0.05, 0.1) is 17.1 Å². The van der Waals surface area contributed by atoms with Gasteiger partial charge in [-0.15, -0.1) is 0 Å². The Morgan fingerprint density at radius 1 is 0.907 bits per heavy atom. The van der Waals surface area contributed by atoms with Crippen LogP contribution in [0.1, 0.15) is 63.3 Å². The molecule has 2 atom stereocenters. The van der Waals surface area contributed by atoms with Gasteiger partial charge in [0.2, 0.25) is 0 Å². The van der Waals surface area contributed by atoms with E-state index in [1.165, 1.54) is 5.56 Å². The smallest absolute Gasteiger partial charge is 0.319 e. The maximum Gasteiger partial charge on any atom is 0.324 e. The number of nitrogens with one attached hydrogen (secondary N) is 3. The van der Waals surface area contributed by atoms with Crippen molar-refractivity contribution >= 4 is 40.6 Å². The summed E-state index contributed by atoms with van der Waals surface area (Å²) in [5.41, 5.74) is 5.66. The summed E-state index contributed by atoms with van der Waals surface area (Å²) in [6.45, 7) is 8.37. The first-order chi connectivity index (χ1) is 20.6. The van der Waals surface area contributed by atoms with Crippen LogP contribution in [0.2, 0.25) is 0 Å². The van der Waals surface area contributed by atoms with Crippen LogP contribution in [0.4, 0.5) is 26.8 Å². The van der Waals surface area contributed by atoms with Crippen LogP contribution < -0.4 is 16.0 Å². The predicted octanol–water partition coefficient (Wildman–Crippen LogP) is 8.20. The highest BCUT2D eigenvalue weighted by Crippen LogP contribution is 2.40. The highest BCUT2D eigenvalue weighted by molar-refractivity contribution is 7.08. The van der Waals surface area contributed by atoms with Crippen LogP contribution in [0.25, 0.3) is 5.69 Å². The Bertz CT molecular complexity index is 1560. The summed E-state index contributed by atoms with van der Waals surface area (Å²) in [5, 5.41) is 17.8. The highest BCUT2D eigenvalue weighted by atomic mass is 32.1. The third-order valence-electron chi connectivity index (χ3n) is 8.57. The fourth-order valence-corrected chi connectivity index (χ4v) is 6.96. The molecule has 2 aliphatic rings. The van der Waals surface area contributed by atoms with Gasteiger partial charge >= 0.3 is 12.1 Å². The molecule has 2 fully saturated rings. The number of anilines is 3. The first-order valence-corrected chi connectivity index (χ1v) is 16.0. The Hall–Kier alpha value is -4.11. The van der Waals surface area contributed by atoms with Crippen LogP contribution in [0.3, 0.4) is 0 Å². The van der Waals surface area contributed by atoms with E-state index in [1.807, 2.05) is 66.2 Å². The second kappa shape index (κ2) is 11.9. The normalized spacial score (nSPS) is 19.7. The summed E-state index contributed by atoms with van der Waals surface area (Å²) in [6.07, 6.45) is 5.19. The number of nitrogens with zero attached hydrogens (tertiary/aromatic N) is 3. The summed E-state index contributed by atoms with van der Waals surface area (Å²) >= 11 is 1.59. The summed E-state index contributed by atoms with van der Waals surface area (Å²) in [4.78, 5) is 28.1. The fraction of sp³-hybridized carbons (Fsp3) is 0.382. The third kappa shape index (κ3) is 6.62. The van der Waals surface area contributed by atoms with Crippen molar-refractivity contribution in [3.63, 3.8) is 0 Å². The fourth-order valence-electron chi connectivity index (χ4n) is 6.37. The molecule has 2 aliphatic heterocycles. The molecule has 4 aromatic rings. The zero-order chi connectivity index (χ0) is 30.1. The van der Waals surface area contributed by atoms with E-state index in [0.29, 0.717) is 23.8 Å². The van der Waals surface area contributed by atoms with Crippen LogP contribution in [0, 0.1) is 12.8 Å². The van der Waals surface area contributed by atoms with Gasteiger partial charge < -0.3 is 15.5 Å². The minimum absolute atomic E-state index is 0.0367. The first kappa shape index (κ1) is 29.0. The standard InChI is InChI=1S/C34H40N6O2S/c1-22-5-11-27(12-6-22)40-31(20-30(38-40)34(2,3)4)37-32(41)35-25-9-7-23(8-10-25)17-24-18-28-13-14-29(19-24)39(28)33(42)36-26-15-16-43-21-26/h5-12,15-16,20-21,24,28-29H,13-14,17-19H2,1-4H3,(H,36,42)(H2,35,37,41). The van der Waals surface area contributed by atoms with Gasteiger partial charge in [-0.25, -0.2) is 14.3 Å². The number of thiophene rings is 1. The van der Waals surface area contributed by atoms with Crippen LogP contribution in [-0.2, 0) is 11.8 Å². The molecule has 2 aromatic carbocycles. The molecule has 43 heavy (non-hydrogen) atoms. The van der Waals surface area contributed by atoms with Crippen molar-refractivity contribution in [2.45, 2.75) is 77.3 Å². The minimum Gasteiger partial charge on any atom is -0.319 e. The highest BCUT2D eigenvalue weighted by Gasteiger charge is 2.43. The Morgan fingerprint density at radius 3 is 2.23 bits per heavy atom. The Labute approximate surface area is 257 Å². The average Bonchev–Trinajstić information content (AvgIpc) is 3.69. The predicted molar refractivity (Wildman–Crippen MR) is 174 cm³/mol. The molecule has 0 saturated carbocycles. The first-order valence-electron chi connectivity index (χ1n) is 15.1. The average molecular weight is 597 g/mol. The van der Waals surface area contributed by atoms with Gasteiger partial charge in [0, 0.05) is 34.6 Å². The molecular formula is C34H40N6O2S. The van der Waals surface area contributed by atoms with E-state index in [0.717, 1.165) is 60.4 Å². The van der Waals surface area contributed by atoms with Crippen LogP contribution >= 0.6 is 11.3 Å². The van der Waals surface area contributed by atoms with Gasteiger partial charge in [0.15, 0.2) is 0 Å². The number of hydrogen-bond donors (Lipinski definition) is 3. The van der Waals surface area contributed by atoms with E-state index < -0.39 is 0 Å². The van der Waals surface area contributed by atoms with Crippen molar-refractivity contribution in [1.29, 1.82) is 0 Å². The molecule has 4 amide bonds. The van der Waals surface area contributed by atoms with E-state index in [1.54, 1.807) is 16.0 Å². The number of carbonyl (C=O) groups is 2. The van der Waals surface area contributed by atoms with Gasteiger partial charge in [-0.2, -0.15) is 16.4 Å². The van der Waals surface area contributed by atoms with Gasteiger partial charge in [-0.3, -0.25) is 5.32 Å². The van der Waals surface area contributed by atoms with E-state index >= 15 is 0 Å². The van der Waals surface area contributed by atoms with E-state index in [-0.39, 0.29) is 17.5 Å². The van der Waals surface area contributed by atoms with Crippen molar-refractivity contribution in [2.24, 2.45) is 5.92 Å². The number of aromatic nitrogens is 2. The Morgan fingerprint density at radius 2 is 1.60 bits per heavy atom. The number of benzene rings is 2. The van der Waals surface area contributed by atoms with Gasteiger partial charge in [-0.1, -0.05) is 50.6 Å². The van der Waals surface area contributed by atoms with E-state index in [9.17, 15) is 9.59 Å². The summed E-state index contributed by atoms with van der Waals surface area (Å²) in [5.74, 6) is 1.16. The molecule has 3 N–H and O–H groups in total. The van der Waals surface area contributed by atoms with Crippen molar-refractivity contribution < 1.29 is 9.59 Å². The molecule has 8 nitrogen and oxygen atoms in total. The molecule has 2 bridgehead atoms.